The van der Waals surface area contributed by atoms with E-state index in [1.807, 2.05) is 49.8 Å². The lowest BCUT2D eigenvalue weighted by atomic mass is 10.2. The molecular formula is C21H22N6O2S2. The van der Waals surface area contributed by atoms with Crippen LogP contribution >= 0.6 is 11.3 Å². The van der Waals surface area contributed by atoms with Gasteiger partial charge in [-0.2, -0.15) is 10.2 Å². The van der Waals surface area contributed by atoms with Crippen molar-refractivity contribution in [1.29, 1.82) is 0 Å². The normalized spacial score (nSPS) is 13.7. The molecule has 3 aromatic heterocycles. The highest BCUT2D eigenvalue weighted by Gasteiger charge is 2.35. The molecule has 0 saturated carbocycles. The van der Waals surface area contributed by atoms with Gasteiger partial charge in [0.15, 0.2) is 0 Å². The summed E-state index contributed by atoms with van der Waals surface area (Å²) in [6.45, 7) is 4.42. The summed E-state index contributed by atoms with van der Waals surface area (Å²) in [4.78, 5) is 4.97. The molecule has 10 heteroatoms. The van der Waals surface area contributed by atoms with Gasteiger partial charge in [0.1, 0.15) is 9.90 Å². The third kappa shape index (κ3) is 3.35. The van der Waals surface area contributed by atoms with Gasteiger partial charge in [-0.15, -0.1) is 11.3 Å². The Labute approximate surface area is 184 Å². The van der Waals surface area contributed by atoms with Crippen molar-refractivity contribution in [2.75, 3.05) is 10.8 Å². The highest BCUT2D eigenvalue weighted by molar-refractivity contribution is 7.93. The van der Waals surface area contributed by atoms with Gasteiger partial charge in [0, 0.05) is 30.7 Å². The van der Waals surface area contributed by atoms with Crippen LogP contribution in [0.2, 0.25) is 0 Å². The molecule has 0 bridgehead atoms. The predicted molar refractivity (Wildman–Crippen MR) is 120 cm³/mol. The molecule has 4 heterocycles. The Hall–Kier alpha value is -2.98. The average molecular weight is 455 g/mol. The van der Waals surface area contributed by atoms with Gasteiger partial charge in [-0.3, -0.25) is 13.7 Å². The van der Waals surface area contributed by atoms with Crippen molar-refractivity contribution in [2.24, 2.45) is 7.05 Å². The van der Waals surface area contributed by atoms with Gasteiger partial charge in [-0.25, -0.2) is 13.4 Å². The number of benzene rings is 1. The largest absolute Gasteiger partial charge is 0.275 e. The van der Waals surface area contributed by atoms with E-state index in [1.165, 1.54) is 15.6 Å². The van der Waals surface area contributed by atoms with Crippen molar-refractivity contribution in [1.82, 2.24) is 24.5 Å². The fourth-order valence-corrected chi connectivity index (χ4v) is 6.74. The fourth-order valence-electron chi connectivity index (χ4n) is 4.07. The van der Waals surface area contributed by atoms with Gasteiger partial charge in [0.25, 0.3) is 10.0 Å². The summed E-state index contributed by atoms with van der Waals surface area (Å²) in [7, 11) is -1.83. The lowest BCUT2D eigenvalue weighted by molar-refractivity contribution is 0.590. The summed E-state index contributed by atoms with van der Waals surface area (Å²) >= 11 is 1.54. The van der Waals surface area contributed by atoms with Crippen molar-refractivity contribution in [2.45, 2.75) is 31.7 Å². The summed E-state index contributed by atoms with van der Waals surface area (Å²) in [5.74, 6) is 0. The molecule has 5 rings (SSSR count). The Morgan fingerprint density at radius 3 is 2.77 bits per heavy atom. The zero-order valence-corrected chi connectivity index (χ0v) is 19.1. The Balaban J connectivity index is 1.46. The molecule has 1 aliphatic heterocycles. The standard InChI is InChI=1S/C21H22N6O2S2/c1-14-20(31(28,29)27-9-8-16-6-4-5-7-19(16)27)15(2)26(24-14)12-18-13-30-21(23-18)17-10-22-25(3)11-17/h4-7,10-11,13H,8-9,12H2,1-3H3. The molecule has 0 amide bonds. The molecule has 0 unspecified atom stereocenters. The molecule has 4 aromatic rings. The predicted octanol–water partition coefficient (Wildman–Crippen LogP) is 3.16. The van der Waals surface area contributed by atoms with Crippen LogP contribution in [0.1, 0.15) is 22.6 Å². The number of hydrogen-bond acceptors (Lipinski definition) is 6. The van der Waals surface area contributed by atoms with Gasteiger partial charge < -0.3 is 0 Å². The van der Waals surface area contributed by atoms with E-state index in [0.29, 0.717) is 24.5 Å². The van der Waals surface area contributed by atoms with Crippen LogP contribution in [-0.2, 0) is 30.0 Å². The van der Waals surface area contributed by atoms with E-state index in [-0.39, 0.29) is 4.90 Å². The molecule has 0 saturated heterocycles. The molecule has 0 spiro atoms. The first-order valence-corrected chi connectivity index (χ1v) is 12.2. The van der Waals surface area contributed by atoms with Crippen LogP contribution in [0.3, 0.4) is 0 Å². The van der Waals surface area contributed by atoms with Crippen molar-refractivity contribution in [3.05, 3.63) is 64.7 Å². The van der Waals surface area contributed by atoms with Crippen molar-refractivity contribution >= 4 is 27.0 Å². The summed E-state index contributed by atoms with van der Waals surface area (Å²) in [6.07, 6.45) is 4.42. The summed E-state index contributed by atoms with van der Waals surface area (Å²) in [5, 5.41) is 11.6. The van der Waals surface area contributed by atoms with E-state index >= 15 is 0 Å². The lowest BCUT2D eigenvalue weighted by Crippen LogP contribution is -2.30. The molecule has 0 atom stereocenters. The maximum absolute atomic E-state index is 13.5. The minimum absolute atomic E-state index is 0.284. The summed E-state index contributed by atoms with van der Waals surface area (Å²) in [6, 6.07) is 7.66. The van der Waals surface area contributed by atoms with E-state index < -0.39 is 10.0 Å². The molecule has 0 radical (unpaired) electrons. The number of aryl methyl sites for hydroxylation is 2. The minimum atomic E-state index is -3.70. The maximum atomic E-state index is 13.5. The number of anilines is 1. The van der Waals surface area contributed by atoms with Gasteiger partial charge in [-0.05, 0) is 31.9 Å². The lowest BCUT2D eigenvalue weighted by Gasteiger charge is -2.19. The van der Waals surface area contributed by atoms with Gasteiger partial charge >= 0.3 is 0 Å². The van der Waals surface area contributed by atoms with Crippen LogP contribution in [0, 0.1) is 13.8 Å². The fraction of sp³-hybridized carbons (Fsp3) is 0.286. The zero-order chi connectivity index (χ0) is 21.8. The number of hydrogen-bond donors (Lipinski definition) is 0. The number of rotatable bonds is 5. The van der Waals surface area contributed by atoms with Crippen LogP contribution in [0.25, 0.3) is 10.6 Å². The molecule has 1 aromatic carbocycles. The number of nitrogens with zero attached hydrogens (tertiary/aromatic N) is 6. The average Bonchev–Trinajstić information content (AvgIpc) is 3.49. The third-order valence-corrected chi connectivity index (χ3v) is 8.53. The molecule has 1 aliphatic rings. The molecule has 31 heavy (non-hydrogen) atoms. The molecule has 0 N–H and O–H groups in total. The number of aromatic nitrogens is 5. The quantitative estimate of drug-likeness (QED) is 0.462. The first-order chi connectivity index (χ1) is 14.8. The molecule has 0 fully saturated rings. The van der Waals surface area contributed by atoms with Crippen LogP contribution < -0.4 is 4.31 Å². The monoisotopic (exact) mass is 454 g/mol. The Morgan fingerprint density at radius 1 is 1.19 bits per heavy atom. The van der Waals surface area contributed by atoms with Crippen molar-refractivity contribution in [3.63, 3.8) is 0 Å². The second kappa shape index (κ2) is 7.31. The smallest absolute Gasteiger partial charge is 0.268 e. The molecule has 8 nitrogen and oxygen atoms in total. The van der Waals surface area contributed by atoms with Crippen LogP contribution in [0.4, 0.5) is 5.69 Å². The van der Waals surface area contributed by atoms with Crippen LogP contribution in [-0.4, -0.2) is 39.5 Å². The van der Waals surface area contributed by atoms with Gasteiger partial charge in [0.05, 0.1) is 35.5 Å². The van der Waals surface area contributed by atoms with E-state index in [4.69, 9.17) is 0 Å². The van der Waals surface area contributed by atoms with Crippen LogP contribution in [0.15, 0.2) is 46.9 Å². The third-order valence-electron chi connectivity index (χ3n) is 5.52. The minimum Gasteiger partial charge on any atom is -0.275 e. The Kier molecular flexibility index (Phi) is 4.71. The van der Waals surface area contributed by atoms with Crippen molar-refractivity contribution in [3.8, 4) is 10.6 Å². The second-order valence-corrected chi connectivity index (χ2v) is 10.3. The van der Waals surface area contributed by atoms with Gasteiger partial charge in [-0.1, -0.05) is 18.2 Å². The Bertz CT molecular complexity index is 1380. The molecular weight excluding hydrogens is 432 g/mol. The summed E-state index contributed by atoms with van der Waals surface area (Å²) in [5.41, 5.74) is 4.74. The van der Waals surface area contributed by atoms with Crippen molar-refractivity contribution < 1.29 is 8.42 Å². The number of fused-ring (bicyclic) bond motifs is 1. The van der Waals surface area contributed by atoms with Crippen LogP contribution in [0.5, 0.6) is 0 Å². The topological polar surface area (TPSA) is 85.9 Å². The highest BCUT2D eigenvalue weighted by Crippen LogP contribution is 2.34. The van der Waals surface area contributed by atoms with E-state index in [9.17, 15) is 8.42 Å². The Morgan fingerprint density at radius 2 is 2.00 bits per heavy atom. The first kappa shape index (κ1) is 20.0. The van der Waals surface area contributed by atoms with E-state index in [2.05, 4.69) is 15.2 Å². The SMILES string of the molecule is Cc1nn(Cc2csc(-c3cnn(C)c3)n2)c(C)c1S(=O)(=O)N1CCc2ccccc21. The van der Waals surface area contributed by atoms with E-state index in [1.54, 1.807) is 22.5 Å². The first-order valence-electron chi connectivity index (χ1n) is 9.92. The second-order valence-electron chi connectivity index (χ2n) is 7.66. The molecule has 160 valence electrons. The molecule has 0 aliphatic carbocycles. The maximum Gasteiger partial charge on any atom is 0.268 e. The van der Waals surface area contributed by atoms with Gasteiger partial charge in [0.2, 0.25) is 0 Å². The van der Waals surface area contributed by atoms with E-state index in [0.717, 1.165) is 33.9 Å². The summed E-state index contributed by atoms with van der Waals surface area (Å²) < 4.78 is 32.1. The number of sulfonamides is 1. The highest BCUT2D eigenvalue weighted by atomic mass is 32.2. The zero-order valence-electron chi connectivity index (χ0n) is 17.5. The number of thiazole rings is 1. The number of para-hydroxylation sites is 1.